The van der Waals surface area contributed by atoms with E-state index in [1.807, 2.05) is 43.1 Å². The molecular weight excluding hydrogens is 472 g/mol. The van der Waals surface area contributed by atoms with Gasteiger partial charge in [-0.15, -0.1) is 12.4 Å². The molecule has 0 saturated carbocycles. The number of nitrogens with one attached hydrogen (secondary N) is 2. The molecule has 192 valence electrons. The van der Waals surface area contributed by atoms with Gasteiger partial charge in [0, 0.05) is 48.6 Å². The minimum atomic E-state index is -0.633. The van der Waals surface area contributed by atoms with Crippen molar-refractivity contribution in [1.29, 1.82) is 0 Å². The molecule has 6 nitrogen and oxygen atoms in total. The normalized spacial score (nSPS) is 17.5. The Morgan fingerprint density at radius 3 is 2.53 bits per heavy atom. The van der Waals surface area contributed by atoms with E-state index in [1.165, 1.54) is 11.1 Å². The summed E-state index contributed by atoms with van der Waals surface area (Å²) in [5, 5.41) is 4.11. The van der Waals surface area contributed by atoms with Crippen molar-refractivity contribution < 1.29 is 9.59 Å². The number of carbonyl (C=O) groups excluding carboxylic acids is 2. The number of H-pyrrole nitrogens is 1. The Morgan fingerprint density at radius 2 is 1.78 bits per heavy atom. The quantitative estimate of drug-likeness (QED) is 0.465. The van der Waals surface area contributed by atoms with E-state index in [-0.39, 0.29) is 36.1 Å². The standard InChI is InChI=1S/C29H36N4O2.ClH/c1-28(2,30)18-26(34)32-25(17-21-19-31-24-10-6-4-8-22(21)24)27(35)33-15-13-29(14-16-33)12-11-20-7-3-5-9-23(20)29;/h3-10,19,25,31H,11-18,30H2,1-2H3,(H,32,34);1H. The Labute approximate surface area is 219 Å². The number of halogens is 1. The number of carbonyl (C=O) groups is 2. The fraction of sp³-hybridized carbons (Fsp3) is 0.448. The Hall–Kier alpha value is -2.83. The van der Waals surface area contributed by atoms with Gasteiger partial charge in [0.25, 0.3) is 0 Å². The van der Waals surface area contributed by atoms with Crippen LogP contribution in [0.25, 0.3) is 10.9 Å². The Morgan fingerprint density at radius 1 is 1.08 bits per heavy atom. The molecular formula is C29H37ClN4O2. The van der Waals surface area contributed by atoms with Gasteiger partial charge in [-0.3, -0.25) is 9.59 Å². The summed E-state index contributed by atoms with van der Waals surface area (Å²) in [5.74, 6) is -0.187. The molecule has 1 fully saturated rings. The van der Waals surface area contributed by atoms with Crippen LogP contribution in [0.2, 0.25) is 0 Å². The van der Waals surface area contributed by atoms with E-state index < -0.39 is 11.6 Å². The van der Waals surface area contributed by atoms with Gasteiger partial charge in [0.1, 0.15) is 6.04 Å². The molecule has 1 aliphatic carbocycles. The summed E-state index contributed by atoms with van der Waals surface area (Å²) in [6.45, 7) is 5.09. The predicted molar refractivity (Wildman–Crippen MR) is 146 cm³/mol. The van der Waals surface area contributed by atoms with Crippen molar-refractivity contribution in [2.75, 3.05) is 13.1 Å². The van der Waals surface area contributed by atoms with Gasteiger partial charge < -0.3 is 20.9 Å². The number of hydrogen-bond donors (Lipinski definition) is 3. The highest BCUT2D eigenvalue weighted by Gasteiger charge is 2.42. The summed E-state index contributed by atoms with van der Waals surface area (Å²) < 4.78 is 0. The molecule has 1 atom stereocenters. The summed E-state index contributed by atoms with van der Waals surface area (Å²) in [7, 11) is 0. The summed E-state index contributed by atoms with van der Waals surface area (Å²) in [6.07, 6.45) is 6.80. The molecule has 1 saturated heterocycles. The van der Waals surface area contributed by atoms with Gasteiger partial charge in [-0.1, -0.05) is 42.5 Å². The van der Waals surface area contributed by atoms with E-state index in [9.17, 15) is 9.59 Å². The highest BCUT2D eigenvalue weighted by Crippen LogP contribution is 2.46. The van der Waals surface area contributed by atoms with Crippen molar-refractivity contribution in [2.24, 2.45) is 5.73 Å². The van der Waals surface area contributed by atoms with E-state index >= 15 is 0 Å². The van der Waals surface area contributed by atoms with Gasteiger partial charge in [-0.05, 0) is 67.7 Å². The lowest BCUT2D eigenvalue weighted by atomic mass is 9.74. The predicted octanol–water partition coefficient (Wildman–Crippen LogP) is 4.25. The van der Waals surface area contributed by atoms with Crippen LogP contribution in [0.5, 0.6) is 0 Å². The molecule has 1 spiro atoms. The second-order valence-corrected chi connectivity index (χ2v) is 11.1. The summed E-state index contributed by atoms with van der Waals surface area (Å²) in [5.41, 5.74) is 10.6. The van der Waals surface area contributed by atoms with Crippen molar-refractivity contribution in [3.63, 3.8) is 0 Å². The van der Waals surface area contributed by atoms with Gasteiger partial charge in [0.15, 0.2) is 0 Å². The fourth-order valence-corrected chi connectivity index (χ4v) is 6.04. The van der Waals surface area contributed by atoms with Crippen molar-refractivity contribution >= 4 is 35.1 Å². The van der Waals surface area contributed by atoms with Crippen molar-refractivity contribution in [1.82, 2.24) is 15.2 Å². The maximum absolute atomic E-state index is 13.8. The first-order valence-corrected chi connectivity index (χ1v) is 12.7. The van der Waals surface area contributed by atoms with Crippen molar-refractivity contribution in [3.05, 3.63) is 71.4 Å². The number of nitrogens with two attached hydrogens (primary N) is 1. The molecule has 5 rings (SSSR count). The minimum Gasteiger partial charge on any atom is -0.361 e. The van der Waals surface area contributed by atoms with Gasteiger partial charge >= 0.3 is 0 Å². The third-order valence-electron chi connectivity index (χ3n) is 7.84. The van der Waals surface area contributed by atoms with Crippen LogP contribution in [0.15, 0.2) is 54.7 Å². The second kappa shape index (κ2) is 10.3. The Bertz CT molecular complexity index is 1240. The largest absolute Gasteiger partial charge is 0.361 e. The van der Waals surface area contributed by atoms with Crippen LogP contribution in [0.3, 0.4) is 0 Å². The van der Waals surface area contributed by atoms with Crippen LogP contribution in [0.1, 0.15) is 56.2 Å². The number of aromatic nitrogens is 1. The third-order valence-corrected chi connectivity index (χ3v) is 7.84. The van der Waals surface area contributed by atoms with Crippen molar-refractivity contribution in [2.45, 2.75) is 69.4 Å². The van der Waals surface area contributed by atoms with Crippen LogP contribution in [0.4, 0.5) is 0 Å². The zero-order chi connectivity index (χ0) is 24.6. The second-order valence-electron chi connectivity index (χ2n) is 11.1. The lowest BCUT2D eigenvalue weighted by molar-refractivity contribution is -0.138. The number of nitrogens with zero attached hydrogens (tertiary/aromatic N) is 1. The number of amides is 2. The molecule has 3 aromatic rings. The molecule has 0 bridgehead atoms. The number of hydrogen-bond acceptors (Lipinski definition) is 3. The van der Waals surface area contributed by atoms with Crippen LogP contribution in [-0.2, 0) is 27.8 Å². The Kier molecular flexibility index (Phi) is 7.48. The number of rotatable bonds is 6. The summed E-state index contributed by atoms with van der Waals surface area (Å²) in [4.78, 5) is 31.8. The van der Waals surface area contributed by atoms with Gasteiger partial charge in [-0.2, -0.15) is 0 Å². The van der Waals surface area contributed by atoms with Gasteiger partial charge in [0.05, 0.1) is 0 Å². The summed E-state index contributed by atoms with van der Waals surface area (Å²) in [6, 6.07) is 16.2. The fourth-order valence-electron chi connectivity index (χ4n) is 6.04. The molecule has 36 heavy (non-hydrogen) atoms. The average molecular weight is 509 g/mol. The van der Waals surface area contributed by atoms with Gasteiger partial charge in [0.2, 0.25) is 11.8 Å². The maximum Gasteiger partial charge on any atom is 0.245 e. The van der Waals surface area contributed by atoms with Crippen LogP contribution < -0.4 is 11.1 Å². The average Bonchev–Trinajstić information content (AvgIpc) is 3.40. The number of likely N-dealkylation sites (tertiary alicyclic amines) is 1. The SMILES string of the molecule is CC(C)(N)CC(=O)NC(Cc1c[nH]c2ccccc12)C(=O)N1CCC2(CCc3ccccc32)CC1.Cl. The molecule has 2 aliphatic rings. The van der Waals surface area contributed by atoms with Crippen molar-refractivity contribution in [3.8, 4) is 0 Å². The molecule has 2 amide bonds. The monoisotopic (exact) mass is 508 g/mol. The van der Waals surface area contributed by atoms with Crippen LogP contribution in [-0.4, -0.2) is 46.4 Å². The zero-order valence-electron chi connectivity index (χ0n) is 21.2. The highest BCUT2D eigenvalue weighted by molar-refractivity contribution is 5.90. The molecule has 1 aliphatic heterocycles. The van der Waals surface area contributed by atoms with Crippen LogP contribution >= 0.6 is 12.4 Å². The first-order chi connectivity index (χ1) is 16.7. The van der Waals surface area contributed by atoms with E-state index in [0.717, 1.165) is 55.2 Å². The first kappa shape index (κ1) is 26.2. The van der Waals surface area contributed by atoms with E-state index in [4.69, 9.17) is 5.73 Å². The lowest BCUT2D eigenvalue weighted by Crippen LogP contribution is -2.54. The molecule has 4 N–H and O–H groups in total. The Balaban J connectivity index is 0.00000304. The number of aryl methyl sites for hydroxylation is 1. The summed E-state index contributed by atoms with van der Waals surface area (Å²) >= 11 is 0. The van der Waals surface area contributed by atoms with E-state index in [0.29, 0.717) is 6.42 Å². The first-order valence-electron chi connectivity index (χ1n) is 12.7. The van der Waals surface area contributed by atoms with Crippen LogP contribution in [0, 0.1) is 0 Å². The number of benzene rings is 2. The molecule has 2 aromatic carbocycles. The topological polar surface area (TPSA) is 91.2 Å². The van der Waals surface area contributed by atoms with E-state index in [2.05, 4.69) is 40.6 Å². The third kappa shape index (κ3) is 5.30. The van der Waals surface area contributed by atoms with Gasteiger partial charge in [-0.25, -0.2) is 0 Å². The lowest BCUT2D eigenvalue weighted by Gasteiger charge is -2.41. The molecule has 0 radical (unpaired) electrons. The smallest absolute Gasteiger partial charge is 0.245 e. The molecule has 7 heteroatoms. The zero-order valence-corrected chi connectivity index (χ0v) is 22.0. The molecule has 2 heterocycles. The number of fused-ring (bicyclic) bond motifs is 3. The number of piperidine rings is 1. The number of aromatic amines is 1. The highest BCUT2D eigenvalue weighted by atomic mass is 35.5. The maximum atomic E-state index is 13.8. The minimum absolute atomic E-state index is 0. The molecule has 1 aromatic heterocycles. The number of para-hydroxylation sites is 1. The van der Waals surface area contributed by atoms with E-state index in [1.54, 1.807) is 0 Å². The molecule has 1 unspecified atom stereocenters.